The van der Waals surface area contributed by atoms with Crippen LogP contribution in [0.1, 0.15) is 21.7 Å². The smallest absolute Gasteiger partial charge is 0.294 e. The third kappa shape index (κ3) is 2.84. The van der Waals surface area contributed by atoms with Gasteiger partial charge in [0.25, 0.3) is 0 Å². The summed E-state index contributed by atoms with van der Waals surface area (Å²) in [5.41, 5.74) is -1.87. The number of benzene rings is 1. The van der Waals surface area contributed by atoms with E-state index in [1.807, 2.05) is 0 Å². The Hall–Kier alpha value is -2.25. The van der Waals surface area contributed by atoms with Crippen molar-refractivity contribution in [1.29, 1.82) is 0 Å². The molecule has 0 spiro atoms. The normalized spacial score (nSPS) is 11.7. The van der Waals surface area contributed by atoms with Crippen molar-refractivity contribution in [3.05, 3.63) is 47.3 Å². The van der Waals surface area contributed by atoms with Gasteiger partial charge in [-0.3, -0.25) is 9.48 Å². The van der Waals surface area contributed by atoms with Crippen LogP contribution >= 0.6 is 0 Å². The lowest BCUT2D eigenvalue weighted by atomic mass is 10.0. The van der Waals surface area contributed by atoms with Gasteiger partial charge in [0.2, 0.25) is 0 Å². The van der Waals surface area contributed by atoms with Crippen LogP contribution in [0.4, 0.5) is 17.6 Å². The Morgan fingerprint density at radius 1 is 1.35 bits per heavy atom. The zero-order chi connectivity index (χ0) is 14.9. The number of carbonyl (C=O) groups is 1. The molecule has 8 heteroatoms. The van der Waals surface area contributed by atoms with Crippen molar-refractivity contribution in [2.45, 2.75) is 12.6 Å². The zero-order valence-corrected chi connectivity index (χ0v) is 10.3. The molecule has 1 aromatic heterocycles. The number of hydrogen-bond donors (Lipinski definition) is 0. The monoisotopic (exact) mass is 287 g/mol. The Bertz CT molecular complexity index is 648. The Labute approximate surface area is 111 Å². The first-order valence-electron chi connectivity index (χ1n) is 5.52. The highest BCUT2D eigenvalue weighted by Gasteiger charge is 2.35. The SMILES string of the molecule is Cn1ncnc1CC(=O)c1cc(F)ccc1C(F)(F)F. The molecule has 0 saturated carbocycles. The fourth-order valence-electron chi connectivity index (χ4n) is 1.71. The van der Waals surface area contributed by atoms with Crippen molar-refractivity contribution >= 4 is 5.78 Å². The standard InChI is InChI=1S/C12H9F4N3O/c1-19-11(17-6-18-19)5-10(20)8-4-7(13)2-3-9(8)12(14,15)16/h2-4,6H,5H2,1H3. The van der Waals surface area contributed by atoms with Gasteiger partial charge in [0.15, 0.2) is 5.78 Å². The van der Waals surface area contributed by atoms with Crippen molar-refractivity contribution in [3.63, 3.8) is 0 Å². The van der Waals surface area contributed by atoms with Crippen LogP contribution in [0, 0.1) is 5.82 Å². The molecular formula is C12H9F4N3O. The third-order valence-electron chi connectivity index (χ3n) is 2.71. The highest BCUT2D eigenvalue weighted by Crippen LogP contribution is 2.32. The first kappa shape index (κ1) is 14.2. The molecule has 0 N–H and O–H groups in total. The number of Topliss-reactive ketones (excluding diaryl/α,β-unsaturated/α-hetero) is 1. The van der Waals surface area contributed by atoms with Crippen molar-refractivity contribution in [2.24, 2.45) is 7.05 Å². The molecule has 4 nitrogen and oxygen atoms in total. The molecule has 20 heavy (non-hydrogen) atoms. The van der Waals surface area contributed by atoms with E-state index in [-0.39, 0.29) is 12.2 Å². The number of aryl methyl sites for hydroxylation is 1. The van der Waals surface area contributed by atoms with Gasteiger partial charge in [-0.1, -0.05) is 0 Å². The summed E-state index contributed by atoms with van der Waals surface area (Å²) in [6.07, 6.45) is -3.93. The summed E-state index contributed by atoms with van der Waals surface area (Å²) in [5, 5.41) is 3.71. The average molecular weight is 287 g/mol. The second kappa shape index (κ2) is 5.03. The second-order valence-electron chi connectivity index (χ2n) is 4.09. The molecule has 0 fully saturated rings. The van der Waals surface area contributed by atoms with E-state index in [0.29, 0.717) is 18.2 Å². The van der Waals surface area contributed by atoms with Gasteiger partial charge < -0.3 is 0 Å². The predicted octanol–water partition coefficient (Wildman–Crippen LogP) is 2.40. The van der Waals surface area contributed by atoms with Crippen LogP contribution in [0.5, 0.6) is 0 Å². The molecule has 1 heterocycles. The Balaban J connectivity index is 2.39. The van der Waals surface area contributed by atoms with Gasteiger partial charge in [-0.2, -0.15) is 18.3 Å². The fourth-order valence-corrected chi connectivity index (χ4v) is 1.71. The Morgan fingerprint density at radius 3 is 2.60 bits per heavy atom. The first-order valence-corrected chi connectivity index (χ1v) is 5.52. The molecule has 2 aromatic rings. The lowest BCUT2D eigenvalue weighted by Crippen LogP contribution is -2.16. The van der Waals surface area contributed by atoms with Crippen LogP contribution in [-0.4, -0.2) is 20.5 Å². The van der Waals surface area contributed by atoms with Gasteiger partial charge in [-0.15, -0.1) is 0 Å². The highest BCUT2D eigenvalue weighted by molar-refractivity contribution is 5.98. The summed E-state index contributed by atoms with van der Waals surface area (Å²) >= 11 is 0. The minimum absolute atomic E-state index is 0.201. The second-order valence-corrected chi connectivity index (χ2v) is 4.09. The van der Waals surface area contributed by atoms with Crippen molar-refractivity contribution in [2.75, 3.05) is 0 Å². The highest BCUT2D eigenvalue weighted by atomic mass is 19.4. The number of rotatable bonds is 3. The maximum Gasteiger partial charge on any atom is 0.417 e. The number of nitrogens with zero attached hydrogens (tertiary/aromatic N) is 3. The maximum absolute atomic E-state index is 13.1. The molecule has 0 unspecified atom stereocenters. The van der Waals surface area contributed by atoms with Crippen LogP contribution in [0.3, 0.4) is 0 Å². The Kier molecular flexibility index (Phi) is 3.56. The molecule has 0 atom stereocenters. The van der Waals surface area contributed by atoms with E-state index in [2.05, 4.69) is 10.1 Å². The quantitative estimate of drug-likeness (QED) is 0.643. The molecule has 0 saturated heterocycles. The number of carbonyl (C=O) groups excluding carboxylic acids is 1. The molecular weight excluding hydrogens is 278 g/mol. The number of alkyl halides is 3. The molecule has 106 valence electrons. The zero-order valence-electron chi connectivity index (χ0n) is 10.3. The van der Waals surface area contributed by atoms with Crippen molar-refractivity contribution in [3.8, 4) is 0 Å². The maximum atomic E-state index is 13.1. The molecule has 0 amide bonds. The molecule has 0 bridgehead atoms. The molecule has 2 rings (SSSR count). The van der Waals surface area contributed by atoms with Crippen molar-refractivity contribution < 1.29 is 22.4 Å². The average Bonchev–Trinajstić information content (AvgIpc) is 2.73. The summed E-state index contributed by atoms with van der Waals surface area (Å²) in [4.78, 5) is 15.7. The largest absolute Gasteiger partial charge is 0.417 e. The molecule has 0 radical (unpaired) electrons. The molecule has 0 aliphatic rings. The number of halogens is 4. The molecule has 0 aliphatic carbocycles. The fraction of sp³-hybridized carbons (Fsp3) is 0.250. The van der Waals surface area contributed by atoms with Gasteiger partial charge >= 0.3 is 6.18 Å². The van der Waals surface area contributed by atoms with Crippen LogP contribution in [0.2, 0.25) is 0 Å². The summed E-state index contributed by atoms with van der Waals surface area (Å²) < 4.78 is 52.7. The van der Waals surface area contributed by atoms with E-state index in [0.717, 1.165) is 0 Å². The predicted molar refractivity (Wildman–Crippen MR) is 60.4 cm³/mol. The lowest BCUT2D eigenvalue weighted by Gasteiger charge is -2.11. The van der Waals surface area contributed by atoms with E-state index in [4.69, 9.17) is 0 Å². The van der Waals surface area contributed by atoms with E-state index >= 15 is 0 Å². The molecule has 1 aromatic carbocycles. The van der Waals surface area contributed by atoms with Crippen LogP contribution < -0.4 is 0 Å². The summed E-state index contributed by atoms with van der Waals surface area (Å²) in [6.45, 7) is 0. The topological polar surface area (TPSA) is 47.8 Å². The van der Waals surface area contributed by atoms with Gasteiger partial charge in [0, 0.05) is 12.6 Å². The minimum Gasteiger partial charge on any atom is -0.294 e. The molecule has 0 aliphatic heterocycles. The van der Waals surface area contributed by atoms with E-state index in [1.165, 1.54) is 18.1 Å². The first-order chi connectivity index (χ1) is 9.29. The summed E-state index contributed by atoms with van der Waals surface area (Å²) in [6, 6.07) is 1.81. The van der Waals surface area contributed by atoms with Gasteiger partial charge in [-0.05, 0) is 18.2 Å². The van der Waals surface area contributed by atoms with E-state index < -0.39 is 28.9 Å². The van der Waals surface area contributed by atoms with Crippen molar-refractivity contribution in [1.82, 2.24) is 14.8 Å². The van der Waals surface area contributed by atoms with Gasteiger partial charge in [0.05, 0.1) is 12.0 Å². The van der Waals surface area contributed by atoms with Crippen LogP contribution in [-0.2, 0) is 19.6 Å². The minimum atomic E-state index is -4.72. The van der Waals surface area contributed by atoms with Crippen LogP contribution in [0.25, 0.3) is 0 Å². The number of ketones is 1. The van der Waals surface area contributed by atoms with E-state index in [9.17, 15) is 22.4 Å². The number of hydrogen-bond acceptors (Lipinski definition) is 3. The summed E-state index contributed by atoms with van der Waals surface area (Å²) in [7, 11) is 1.51. The number of aromatic nitrogens is 3. The Morgan fingerprint density at radius 2 is 2.05 bits per heavy atom. The van der Waals surface area contributed by atoms with Gasteiger partial charge in [0.1, 0.15) is 18.0 Å². The lowest BCUT2D eigenvalue weighted by molar-refractivity contribution is -0.137. The third-order valence-corrected chi connectivity index (χ3v) is 2.71. The van der Waals surface area contributed by atoms with Gasteiger partial charge in [-0.25, -0.2) is 9.37 Å². The van der Waals surface area contributed by atoms with E-state index in [1.54, 1.807) is 0 Å². The van der Waals surface area contributed by atoms with Crippen LogP contribution in [0.15, 0.2) is 24.5 Å². The summed E-state index contributed by atoms with van der Waals surface area (Å²) in [5.74, 6) is -1.57.